The zero-order chi connectivity index (χ0) is 21.8. The van der Waals surface area contributed by atoms with Gasteiger partial charge in [0.05, 0.1) is 21.9 Å². The average molecular weight is 456 g/mol. The first-order valence-corrected chi connectivity index (χ1v) is 12.5. The predicted molar refractivity (Wildman–Crippen MR) is 125 cm³/mol. The van der Waals surface area contributed by atoms with Crippen LogP contribution in [-0.2, 0) is 15.6 Å². The molecule has 2 aliphatic rings. The molecular weight excluding hydrogens is 430 g/mol. The summed E-state index contributed by atoms with van der Waals surface area (Å²) in [7, 11) is -3.63. The van der Waals surface area contributed by atoms with Crippen LogP contribution in [0.15, 0.2) is 65.7 Å². The number of hydrogen-bond acceptors (Lipinski definition) is 3. The lowest BCUT2D eigenvalue weighted by Crippen LogP contribution is -2.56. The molecule has 7 heteroatoms. The molecule has 0 saturated carbocycles. The SMILES string of the molecule is CCN1c2cc(C)ccc2-n2cccc2C12CCN(S(=O)(=O)c1ccccc1Cl)CC2. The number of fused-ring (bicyclic) bond motifs is 4. The van der Waals surface area contributed by atoms with Gasteiger partial charge < -0.3 is 9.47 Å². The number of sulfonamides is 1. The summed E-state index contributed by atoms with van der Waals surface area (Å²) in [5.74, 6) is 0. The predicted octanol–water partition coefficient (Wildman–Crippen LogP) is 4.96. The molecule has 1 spiro atoms. The first kappa shape index (κ1) is 20.6. The van der Waals surface area contributed by atoms with Gasteiger partial charge in [-0.25, -0.2) is 8.42 Å². The highest BCUT2D eigenvalue weighted by atomic mass is 35.5. The van der Waals surface area contributed by atoms with Gasteiger partial charge in [0.15, 0.2) is 0 Å². The molecule has 5 nitrogen and oxygen atoms in total. The minimum atomic E-state index is -3.63. The Hall–Kier alpha value is -2.28. The molecule has 3 heterocycles. The van der Waals surface area contributed by atoms with Gasteiger partial charge in [0.1, 0.15) is 4.90 Å². The molecule has 3 aromatic rings. The van der Waals surface area contributed by atoms with Crippen LogP contribution in [0.4, 0.5) is 5.69 Å². The largest absolute Gasteiger partial charge is 0.359 e. The summed E-state index contributed by atoms with van der Waals surface area (Å²) in [6.45, 7) is 6.07. The monoisotopic (exact) mass is 455 g/mol. The Balaban J connectivity index is 1.53. The number of halogens is 1. The summed E-state index contributed by atoms with van der Waals surface area (Å²) in [5.41, 5.74) is 4.63. The van der Waals surface area contributed by atoms with Crippen molar-refractivity contribution in [1.82, 2.24) is 8.87 Å². The van der Waals surface area contributed by atoms with Gasteiger partial charge in [-0.1, -0.05) is 29.8 Å². The number of hydrogen-bond donors (Lipinski definition) is 0. The second-order valence-electron chi connectivity index (χ2n) is 8.37. The van der Waals surface area contributed by atoms with Gasteiger partial charge in [0.2, 0.25) is 10.0 Å². The maximum atomic E-state index is 13.3. The number of aryl methyl sites for hydroxylation is 1. The Morgan fingerprint density at radius 2 is 1.74 bits per heavy atom. The molecule has 1 aromatic heterocycles. The van der Waals surface area contributed by atoms with Crippen LogP contribution < -0.4 is 4.90 Å². The van der Waals surface area contributed by atoms with E-state index in [2.05, 4.69) is 59.8 Å². The number of anilines is 1. The standard InChI is InChI=1S/C24H26ClN3O2S/c1-3-28-21-17-18(2)10-11-20(21)27-14-6-9-23(27)24(28)12-15-26(16-13-24)31(29,30)22-8-5-4-7-19(22)25/h4-11,14,17H,3,12-13,15-16H2,1-2H3. The Labute approximate surface area is 188 Å². The molecule has 2 aliphatic heterocycles. The summed E-state index contributed by atoms with van der Waals surface area (Å²) in [6.07, 6.45) is 3.56. The van der Waals surface area contributed by atoms with Gasteiger partial charge in [-0.15, -0.1) is 0 Å². The van der Waals surface area contributed by atoms with Crippen molar-refractivity contribution in [1.29, 1.82) is 0 Å². The van der Waals surface area contributed by atoms with Gasteiger partial charge in [-0.05, 0) is 68.7 Å². The molecule has 0 bridgehead atoms. The molecule has 162 valence electrons. The maximum Gasteiger partial charge on any atom is 0.244 e. The van der Waals surface area contributed by atoms with Crippen LogP contribution in [-0.4, -0.2) is 36.9 Å². The third kappa shape index (κ3) is 3.04. The van der Waals surface area contributed by atoms with E-state index in [1.54, 1.807) is 28.6 Å². The van der Waals surface area contributed by atoms with Crippen molar-refractivity contribution in [3.63, 3.8) is 0 Å². The van der Waals surface area contributed by atoms with Crippen LogP contribution in [0, 0.1) is 6.92 Å². The molecule has 0 unspecified atom stereocenters. The summed E-state index contributed by atoms with van der Waals surface area (Å²) in [5, 5.41) is 0.272. The van der Waals surface area contributed by atoms with Crippen molar-refractivity contribution < 1.29 is 8.42 Å². The van der Waals surface area contributed by atoms with Gasteiger partial charge in [0.25, 0.3) is 0 Å². The van der Waals surface area contributed by atoms with Crippen LogP contribution in [0.3, 0.4) is 0 Å². The molecule has 0 N–H and O–H groups in total. The number of nitrogens with zero attached hydrogens (tertiary/aromatic N) is 3. The van der Waals surface area contributed by atoms with E-state index < -0.39 is 10.0 Å². The Kier molecular flexibility index (Phi) is 4.92. The first-order valence-electron chi connectivity index (χ1n) is 10.7. The number of rotatable bonds is 3. The third-order valence-corrected chi connectivity index (χ3v) is 9.14. The van der Waals surface area contributed by atoms with E-state index in [9.17, 15) is 8.42 Å². The van der Waals surface area contributed by atoms with Crippen LogP contribution >= 0.6 is 11.6 Å². The number of piperidine rings is 1. The lowest BCUT2D eigenvalue weighted by atomic mass is 9.81. The zero-order valence-corrected chi connectivity index (χ0v) is 19.3. The molecule has 0 aliphatic carbocycles. The summed E-state index contributed by atoms with van der Waals surface area (Å²) < 4.78 is 30.4. The average Bonchev–Trinajstić information content (AvgIpc) is 3.25. The van der Waals surface area contributed by atoms with E-state index >= 15 is 0 Å². The molecule has 1 fully saturated rings. The fourth-order valence-electron chi connectivity index (χ4n) is 5.28. The van der Waals surface area contributed by atoms with E-state index in [1.165, 1.54) is 22.6 Å². The normalized spacial score (nSPS) is 18.1. The highest BCUT2D eigenvalue weighted by Crippen LogP contribution is 2.48. The van der Waals surface area contributed by atoms with Crippen molar-refractivity contribution in [3.05, 3.63) is 77.1 Å². The van der Waals surface area contributed by atoms with Crippen LogP contribution in [0.1, 0.15) is 31.0 Å². The molecule has 1 saturated heterocycles. The molecular formula is C24H26ClN3O2S. The van der Waals surface area contributed by atoms with Crippen LogP contribution in [0.25, 0.3) is 5.69 Å². The highest BCUT2D eigenvalue weighted by molar-refractivity contribution is 7.89. The smallest absolute Gasteiger partial charge is 0.244 e. The molecule has 0 radical (unpaired) electrons. The van der Waals surface area contributed by atoms with E-state index in [0.717, 1.165) is 19.4 Å². The van der Waals surface area contributed by atoms with Crippen molar-refractivity contribution >= 4 is 27.3 Å². The zero-order valence-electron chi connectivity index (χ0n) is 17.8. The topological polar surface area (TPSA) is 45.5 Å². The summed E-state index contributed by atoms with van der Waals surface area (Å²) in [6, 6.07) is 17.5. The van der Waals surface area contributed by atoms with E-state index in [-0.39, 0.29) is 15.5 Å². The Bertz CT molecular complexity index is 1240. The molecule has 0 amide bonds. The van der Waals surface area contributed by atoms with Crippen molar-refractivity contribution in [3.8, 4) is 5.69 Å². The Morgan fingerprint density at radius 3 is 2.45 bits per heavy atom. The van der Waals surface area contributed by atoms with Crippen molar-refractivity contribution in [2.45, 2.75) is 37.1 Å². The summed E-state index contributed by atoms with van der Waals surface area (Å²) in [4.78, 5) is 2.66. The van der Waals surface area contributed by atoms with Crippen LogP contribution in [0.2, 0.25) is 5.02 Å². The van der Waals surface area contributed by atoms with Crippen LogP contribution in [0.5, 0.6) is 0 Å². The lowest BCUT2D eigenvalue weighted by Gasteiger charge is -2.52. The second-order valence-corrected chi connectivity index (χ2v) is 10.7. The van der Waals surface area contributed by atoms with Gasteiger partial charge in [-0.2, -0.15) is 4.31 Å². The minimum absolute atomic E-state index is 0.188. The quantitative estimate of drug-likeness (QED) is 0.560. The number of benzene rings is 2. The maximum absolute atomic E-state index is 13.3. The summed E-state index contributed by atoms with van der Waals surface area (Å²) >= 11 is 6.22. The van der Waals surface area contributed by atoms with E-state index in [4.69, 9.17) is 11.6 Å². The van der Waals surface area contributed by atoms with Crippen molar-refractivity contribution in [2.24, 2.45) is 0 Å². The molecule has 5 rings (SSSR count). The second kappa shape index (κ2) is 7.40. The lowest BCUT2D eigenvalue weighted by molar-refractivity contribution is 0.215. The number of aromatic nitrogens is 1. The first-order chi connectivity index (χ1) is 14.9. The van der Waals surface area contributed by atoms with Gasteiger partial charge >= 0.3 is 0 Å². The molecule has 2 aromatic carbocycles. The van der Waals surface area contributed by atoms with E-state index in [1.807, 2.05) is 0 Å². The van der Waals surface area contributed by atoms with E-state index in [0.29, 0.717) is 13.1 Å². The molecule has 0 atom stereocenters. The minimum Gasteiger partial charge on any atom is -0.359 e. The Morgan fingerprint density at radius 1 is 1.00 bits per heavy atom. The van der Waals surface area contributed by atoms with Crippen molar-refractivity contribution in [2.75, 3.05) is 24.5 Å². The molecule has 31 heavy (non-hydrogen) atoms. The fraction of sp³-hybridized carbons (Fsp3) is 0.333. The van der Waals surface area contributed by atoms with Gasteiger partial charge in [0, 0.05) is 31.5 Å². The van der Waals surface area contributed by atoms with Gasteiger partial charge in [-0.3, -0.25) is 0 Å². The highest BCUT2D eigenvalue weighted by Gasteiger charge is 2.48. The third-order valence-electron chi connectivity index (χ3n) is 6.74. The fourth-order valence-corrected chi connectivity index (χ4v) is 7.22.